The summed E-state index contributed by atoms with van der Waals surface area (Å²) in [6.07, 6.45) is 1.24. The molecule has 3 N–H and O–H groups in total. The number of carbonyl (C=O) groups is 2. The van der Waals surface area contributed by atoms with Gasteiger partial charge in [0.05, 0.1) is 6.61 Å². The second-order valence-electron chi connectivity index (χ2n) is 5.59. The molecule has 0 radical (unpaired) electrons. The lowest BCUT2D eigenvalue weighted by Crippen LogP contribution is -2.25. The number of nitrogens with one attached hydrogen (secondary N) is 3. The van der Waals surface area contributed by atoms with E-state index in [1.165, 1.54) is 24.8 Å². The van der Waals surface area contributed by atoms with Crippen LogP contribution in [-0.4, -0.2) is 57.1 Å². The zero-order valence-electron chi connectivity index (χ0n) is 15.2. The van der Waals surface area contributed by atoms with E-state index in [0.29, 0.717) is 37.0 Å². The number of carbonyl (C=O) groups excluding carboxylic acids is 2. The fraction of sp³-hybridized carbons (Fsp3) is 0.500. The predicted octanol–water partition coefficient (Wildman–Crippen LogP) is 1.09. The molecule has 2 amide bonds. The molecule has 0 spiro atoms. The number of H-pyrrole nitrogens is 1. The quantitative estimate of drug-likeness (QED) is 0.323. The van der Waals surface area contributed by atoms with Gasteiger partial charge in [-0.2, -0.15) is 0 Å². The van der Waals surface area contributed by atoms with E-state index in [1.807, 2.05) is 13.8 Å². The minimum atomic E-state index is -0.204. The second-order valence-corrected chi connectivity index (χ2v) is 6.70. The molecular weight excluding hydrogens is 356 g/mol. The van der Waals surface area contributed by atoms with Gasteiger partial charge in [-0.1, -0.05) is 13.5 Å². The van der Waals surface area contributed by atoms with Gasteiger partial charge < -0.3 is 15.4 Å². The third-order valence-electron chi connectivity index (χ3n) is 3.47. The van der Waals surface area contributed by atoms with Crippen molar-refractivity contribution in [2.24, 2.45) is 0 Å². The average molecular weight is 380 g/mol. The Labute approximate surface area is 155 Å². The zero-order chi connectivity index (χ0) is 19.1. The lowest BCUT2D eigenvalue weighted by Gasteiger charge is -2.08. The summed E-state index contributed by atoms with van der Waals surface area (Å²) in [5.74, 6) is 1.61. The average Bonchev–Trinajstić information content (AvgIpc) is 3.15. The van der Waals surface area contributed by atoms with Gasteiger partial charge in [0.15, 0.2) is 5.65 Å². The van der Waals surface area contributed by atoms with Crippen molar-refractivity contribution in [2.45, 2.75) is 31.6 Å². The molecule has 9 nitrogen and oxygen atoms in total. The van der Waals surface area contributed by atoms with Crippen LogP contribution in [0.2, 0.25) is 0 Å². The standard InChI is InChI=1S/C16H24N6O3S/c1-5-12(24)17-7-8-26-13-15-19-14(10(3)9-18-11(4)23)20-22(15)21-16(13)25-6-2/h5,10H,1,6-9H2,2-4H3,(H,17,24)(H,18,23)(H,19,20). The lowest BCUT2D eigenvalue weighted by atomic mass is 10.2. The van der Waals surface area contributed by atoms with Crippen molar-refractivity contribution in [2.75, 3.05) is 25.4 Å². The summed E-state index contributed by atoms with van der Waals surface area (Å²) in [7, 11) is 0. The van der Waals surface area contributed by atoms with Crippen molar-refractivity contribution < 1.29 is 14.3 Å². The molecule has 0 fully saturated rings. The normalized spacial score (nSPS) is 12.0. The van der Waals surface area contributed by atoms with E-state index in [0.717, 1.165) is 10.7 Å². The largest absolute Gasteiger partial charge is 0.476 e. The number of rotatable bonds is 10. The Bertz CT molecular complexity index is 784. The molecule has 10 heteroatoms. The van der Waals surface area contributed by atoms with Crippen LogP contribution in [0.4, 0.5) is 0 Å². The molecule has 0 aliphatic heterocycles. The fourth-order valence-electron chi connectivity index (χ4n) is 2.17. The Morgan fingerprint density at radius 1 is 1.46 bits per heavy atom. The monoisotopic (exact) mass is 380 g/mol. The van der Waals surface area contributed by atoms with Gasteiger partial charge in [-0.05, 0) is 13.0 Å². The first-order chi connectivity index (χ1) is 12.5. The minimum absolute atomic E-state index is 0.0147. The Kier molecular flexibility index (Phi) is 7.07. The van der Waals surface area contributed by atoms with Crippen LogP contribution in [0.1, 0.15) is 32.5 Å². The number of nitrogens with zero attached hydrogens (tertiary/aromatic N) is 3. The maximum Gasteiger partial charge on any atom is 0.251 e. The number of amides is 2. The number of fused-ring (bicyclic) bond motifs is 1. The van der Waals surface area contributed by atoms with Gasteiger partial charge in [-0.3, -0.25) is 14.7 Å². The van der Waals surface area contributed by atoms with Crippen LogP contribution >= 0.6 is 11.8 Å². The Morgan fingerprint density at radius 3 is 2.88 bits per heavy atom. The molecule has 2 aromatic heterocycles. The van der Waals surface area contributed by atoms with Gasteiger partial charge in [0.25, 0.3) is 5.88 Å². The molecule has 2 rings (SSSR count). The van der Waals surface area contributed by atoms with Crippen LogP contribution in [-0.2, 0) is 9.59 Å². The van der Waals surface area contributed by atoms with E-state index in [9.17, 15) is 9.59 Å². The van der Waals surface area contributed by atoms with Crippen molar-refractivity contribution in [1.29, 1.82) is 0 Å². The van der Waals surface area contributed by atoms with E-state index < -0.39 is 0 Å². The molecule has 0 aliphatic rings. The van der Waals surface area contributed by atoms with E-state index in [-0.39, 0.29) is 17.7 Å². The molecule has 0 saturated heterocycles. The third kappa shape index (κ3) is 5.01. The predicted molar refractivity (Wildman–Crippen MR) is 99.5 cm³/mol. The summed E-state index contributed by atoms with van der Waals surface area (Å²) in [6.45, 7) is 10.2. The van der Waals surface area contributed by atoms with Gasteiger partial charge in [0, 0.05) is 31.7 Å². The molecule has 0 bridgehead atoms. The van der Waals surface area contributed by atoms with E-state index in [4.69, 9.17) is 4.74 Å². The first kappa shape index (κ1) is 19.8. The maximum absolute atomic E-state index is 11.2. The van der Waals surface area contributed by atoms with Gasteiger partial charge in [0.1, 0.15) is 10.7 Å². The van der Waals surface area contributed by atoms with Crippen LogP contribution in [0.5, 0.6) is 5.88 Å². The number of hydrogen-bond acceptors (Lipinski definition) is 6. The third-order valence-corrected chi connectivity index (χ3v) is 4.53. The summed E-state index contributed by atoms with van der Waals surface area (Å²) < 4.78 is 7.16. The summed E-state index contributed by atoms with van der Waals surface area (Å²) in [5, 5.41) is 13.0. The number of aromatic nitrogens is 4. The molecule has 0 aromatic carbocycles. The van der Waals surface area contributed by atoms with Gasteiger partial charge in [-0.25, -0.2) is 4.98 Å². The Hall–Kier alpha value is -2.49. The summed E-state index contributed by atoms with van der Waals surface area (Å²) in [6, 6.07) is 0. The van der Waals surface area contributed by atoms with Crippen molar-refractivity contribution in [1.82, 2.24) is 30.4 Å². The highest BCUT2D eigenvalue weighted by Gasteiger charge is 2.20. The summed E-state index contributed by atoms with van der Waals surface area (Å²) in [5.41, 5.74) is 0.665. The van der Waals surface area contributed by atoms with Crippen LogP contribution < -0.4 is 15.4 Å². The van der Waals surface area contributed by atoms with Crippen molar-refractivity contribution in [3.05, 3.63) is 18.5 Å². The molecule has 1 unspecified atom stereocenters. The zero-order valence-corrected chi connectivity index (χ0v) is 16.0. The van der Waals surface area contributed by atoms with Crippen LogP contribution in [0.3, 0.4) is 0 Å². The van der Waals surface area contributed by atoms with E-state index >= 15 is 0 Å². The minimum Gasteiger partial charge on any atom is -0.476 e. The number of ether oxygens (including phenoxy) is 1. The molecule has 26 heavy (non-hydrogen) atoms. The van der Waals surface area contributed by atoms with Crippen LogP contribution in [0.25, 0.3) is 5.65 Å². The lowest BCUT2D eigenvalue weighted by molar-refractivity contribution is -0.119. The van der Waals surface area contributed by atoms with E-state index in [2.05, 4.69) is 32.4 Å². The van der Waals surface area contributed by atoms with Crippen molar-refractivity contribution in [3.8, 4) is 5.88 Å². The highest BCUT2D eigenvalue weighted by Crippen LogP contribution is 2.32. The highest BCUT2D eigenvalue weighted by molar-refractivity contribution is 7.99. The Morgan fingerprint density at radius 2 is 2.23 bits per heavy atom. The summed E-state index contributed by atoms with van der Waals surface area (Å²) >= 11 is 1.51. The van der Waals surface area contributed by atoms with Crippen LogP contribution in [0.15, 0.2) is 17.6 Å². The Balaban J connectivity index is 2.13. The molecule has 142 valence electrons. The molecule has 0 saturated carbocycles. The molecule has 1 atom stereocenters. The topological polar surface area (TPSA) is 113 Å². The fourth-order valence-corrected chi connectivity index (χ4v) is 3.06. The van der Waals surface area contributed by atoms with Gasteiger partial charge >= 0.3 is 0 Å². The van der Waals surface area contributed by atoms with Crippen molar-refractivity contribution in [3.63, 3.8) is 0 Å². The van der Waals surface area contributed by atoms with Crippen molar-refractivity contribution >= 4 is 29.2 Å². The first-order valence-electron chi connectivity index (χ1n) is 8.35. The summed E-state index contributed by atoms with van der Waals surface area (Å²) in [4.78, 5) is 27.7. The maximum atomic E-state index is 11.2. The van der Waals surface area contributed by atoms with Gasteiger partial charge in [0.2, 0.25) is 11.8 Å². The molecule has 2 aromatic rings. The highest BCUT2D eigenvalue weighted by atomic mass is 32.2. The smallest absolute Gasteiger partial charge is 0.251 e. The molecule has 0 aliphatic carbocycles. The molecule has 2 heterocycles. The SMILES string of the molecule is C=CC(=O)NCCSc1c(OCC)nn2[nH]c(C(C)CNC(C)=O)nc12. The molecular formula is C16H24N6O3S. The van der Waals surface area contributed by atoms with E-state index in [1.54, 1.807) is 4.63 Å². The first-order valence-corrected chi connectivity index (χ1v) is 9.33. The number of aromatic amines is 1. The number of thioether (sulfide) groups is 1. The van der Waals surface area contributed by atoms with Crippen LogP contribution in [0, 0.1) is 0 Å². The van der Waals surface area contributed by atoms with Gasteiger partial charge in [-0.15, -0.1) is 21.5 Å². The second kappa shape index (κ2) is 9.27. The number of hydrogen-bond donors (Lipinski definition) is 3.